The molecule has 1 aliphatic heterocycles. The Hall–Kier alpha value is -1.18. The van der Waals surface area contributed by atoms with E-state index in [1.165, 1.54) is 11.8 Å². The van der Waals surface area contributed by atoms with Crippen molar-refractivity contribution in [2.75, 3.05) is 19.2 Å². The van der Waals surface area contributed by atoms with Crippen LogP contribution in [0.1, 0.15) is 48.1 Å². The van der Waals surface area contributed by atoms with E-state index >= 15 is 0 Å². The fraction of sp³-hybridized carbons (Fsp3) is 0.643. The Morgan fingerprint density at radius 2 is 2.24 bits per heavy atom. The molecule has 1 aliphatic rings. The van der Waals surface area contributed by atoms with Gasteiger partial charge in [-0.3, -0.25) is 0 Å². The van der Waals surface area contributed by atoms with Crippen molar-refractivity contribution in [1.82, 2.24) is 9.97 Å². The van der Waals surface area contributed by atoms with Crippen LogP contribution in [0.25, 0.3) is 0 Å². The number of hydrogen-bond donors (Lipinski definition) is 1. The summed E-state index contributed by atoms with van der Waals surface area (Å²) in [5, 5.41) is 9.89. The van der Waals surface area contributed by atoms with Gasteiger partial charge in [0, 0.05) is 11.7 Å². The van der Waals surface area contributed by atoms with Crippen molar-refractivity contribution < 1.29 is 19.4 Å². The lowest BCUT2D eigenvalue weighted by atomic mass is 10.2. The number of ether oxygens (including phenoxy) is 2. The van der Waals surface area contributed by atoms with Gasteiger partial charge in [0.05, 0.1) is 18.4 Å². The summed E-state index contributed by atoms with van der Waals surface area (Å²) in [5.74, 6) is 0.508. The molecular formula is C14H20N2O4S. The Morgan fingerprint density at radius 3 is 2.81 bits per heavy atom. The van der Waals surface area contributed by atoms with E-state index in [0.29, 0.717) is 35.7 Å². The molecule has 0 bridgehead atoms. The van der Waals surface area contributed by atoms with Crippen LogP contribution in [0, 0.1) is 6.92 Å². The molecule has 1 N–H and O–H groups in total. The molecule has 2 rings (SSSR count). The van der Waals surface area contributed by atoms with Crippen LogP contribution in [0.15, 0.2) is 5.03 Å². The van der Waals surface area contributed by atoms with Crippen molar-refractivity contribution in [3.8, 4) is 0 Å². The number of hydrogen-bond acceptors (Lipinski definition) is 6. The number of thioether (sulfide) groups is 1. The van der Waals surface area contributed by atoms with Gasteiger partial charge in [-0.1, -0.05) is 13.8 Å². The van der Waals surface area contributed by atoms with Gasteiger partial charge >= 0.3 is 5.97 Å². The summed E-state index contributed by atoms with van der Waals surface area (Å²) in [7, 11) is 0. The number of nitrogens with zero attached hydrogens (tertiary/aromatic N) is 2. The first-order chi connectivity index (χ1) is 9.99. The van der Waals surface area contributed by atoms with Gasteiger partial charge in [-0.2, -0.15) is 0 Å². The maximum Gasteiger partial charge on any atom is 0.340 e. The number of rotatable bonds is 5. The molecule has 0 saturated carbocycles. The third-order valence-corrected chi connectivity index (χ3v) is 4.29. The van der Waals surface area contributed by atoms with Crippen molar-refractivity contribution >= 4 is 17.7 Å². The highest BCUT2D eigenvalue weighted by molar-refractivity contribution is 7.99. The zero-order valence-corrected chi connectivity index (χ0v) is 13.3. The van der Waals surface area contributed by atoms with Gasteiger partial charge in [-0.05, 0) is 13.3 Å². The molecule has 1 saturated heterocycles. The minimum Gasteiger partial charge on any atom is -0.478 e. The number of aryl methyl sites for hydroxylation is 1. The van der Waals surface area contributed by atoms with Gasteiger partial charge in [0.2, 0.25) is 0 Å². The van der Waals surface area contributed by atoms with Gasteiger partial charge in [-0.25, -0.2) is 14.8 Å². The van der Waals surface area contributed by atoms with Crippen molar-refractivity contribution in [2.45, 2.75) is 44.2 Å². The second kappa shape index (κ2) is 7.20. The largest absolute Gasteiger partial charge is 0.478 e. The van der Waals surface area contributed by atoms with Crippen LogP contribution in [0.5, 0.6) is 0 Å². The molecular weight excluding hydrogens is 292 g/mol. The zero-order chi connectivity index (χ0) is 15.4. The summed E-state index contributed by atoms with van der Waals surface area (Å²) in [6.07, 6.45) is 0.888. The van der Waals surface area contributed by atoms with Crippen LogP contribution in [-0.2, 0) is 9.47 Å². The number of aromatic carboxylic acids is 1. The Balaban J connectivity index is 2.20. The van der Waals surface area contributed by atoms with Gasteiger partial charge in [0.1, 0.15) is 23.2 Å². The lowest BCUT2D eigenvalue weighted by Gasteiger charge is -2.22. The van der Waals surface area contributed by atoms with Crippen LogP contribution < -0.4 is 0 Å². The summed E-state index contributed by atoms with van der Waals surface area (Å²) in [4.78, 5) is 20.1. The maximum atomic E-state index is 11.4. The summed E-state index contributed by atoms with van der Waals surface area (Å²) in [5.41, 5.74) is 0.702. The lowest BCUT2D eigenvalue weighted by molar-refractivity contribution is -0.130. The van der Waals surface area contributed by atoms with Gasteiger partial charge < -0.3 is 14.6 Å². The fourth-order valence-electron chi connectivity index (χ4n) is 1.98. The highest BCUT2D eigenvalue weighted by Crippen LogP contribution is 2.27. The quantitative estimate of drug-likeness (QED) is 0.660. The summed E-state index contributed by atoms with van der Waals surface area (Å²) < 4.78 is 10.6. The third-order valence-electron chi connectivity index (χ3n) is 3.18. The molecule has 0 aromatic carbocycles. The molecule has 6 nitrogen and oxygen atoms in total. The molecule has 7 heteroatoms. The highest BCUT2D eigenvalue weighted by Gasteiger charge is 2.21. The Labute approximate surface area is 128 Å². The highest BCUT2D eigenvalue weighted by atomic mass is 32.2. The predicted molar refractivity (Wildman–Crippen MR) is 78.9 cm³/mol. The van der Waals surface area contributed by atoms with E-state index in [0.717, 1.165) is 6.42 Å². The molecule has 2 heterocycles. The van der Waals surface area contributed by atoms with Crippen molar-refractivity contribution in [3.05, 3.63) is 17.1 Å². The van der Waals surface area contributed by atoms with E-state index < -0.39 is 5.97 Å². The molecule has 0 aliphatic carbocycles. The van der Waals surface area contributed by atoms with Gasteiger partial charge in [-0.15, -0.1) is 11.8 Å². The van der Waals surface area contributed by atoms with Crippen molar-refractivity contribution in [2.24, 2.45) is 0 Å². The van der Waals surface area contributed by atoms with Crippen LogP contribution >= 0.6 is 11.8 Å². The first-order valence-corrected chi connectivity index (χ1v) is 7.91. The summed E-state index contributed by atoms with van der Waals surface area (Å²) in [6.45, 7) is 6.68. The molecule has 21 heavy (non-hydrogen) atoms. The predicted octanol–water partition coefficient (Wildman–Crippen LogP) is 2.46. The molecule has 0 spiro atoms. The van der Waals surface area contributed by atoms with Crippen LogP contribution in [0.4, 0.5) is 0 Å². The first-order valence-electron chi connectivity index (χ1n) is 6.93. The van der Waals surface area contributed by atoms with Crippen LogP contribution in [0.2, 0.25) is 0 Å². The average Bonchev–Trinajstić information content (AvgIpc) is 2.45. The van der Waals surface area contributed by atoms with E-state index in [4.69, 9.17) is 9.47 Å². The van der Waals surface area contributed by atoms with Gasteiger partial charge in [0.25, 0.3) is 0 Å². The second-order valence-electron chi connectivity index (χ2n) is 5.22. The zero-order valence-electron chi connectivity index (χ0n) is 12.5. The molecule has 1 fully saturated rings. The smallest absolute Gasteiger partial charge is 0.340 e. The van der Waals surface area contributed by atoms with Crippen LogP contribution in [0.3, 0.4) is 0 Å². The molecule has 0 radical (unpaired) electrons. The Bertz CT molecular complexity index is 516. The minimum absolute atomic E-state index is 0.0724. The summed E-state index contributed by atoms with van der Waals surface area (Å²) in [6, 6.07) is 0. The molecule has 1 unspecified atom stereocenters. The number of carboxylic acids is 1. The van der Waals surface area contributed by atoms with Crippen molar-refractivity contribution in [1.29, 1.82) is 0 Å². The number of carboxylic acid groups (broad SMARTS) is 1. The Kier molecular flexibility index (Phi) is 5.55. The molecule has 1 atom stereocenters. The fourth-order valence-corrected chi connectivity index (χ4v) is 3.13. The molecule has 1 aromatic rings. The first kappa shape index (κ1) is 16.2. The van der Waals surface area contributed by atoms with Crippen molar-refractivity contribution in [3.63, 3.8) is 0 Å². The summed E-state index contributed by atoms with van der Waals surface area (Å²) >= 11 is 1.42. The van der Waals surface area contributed by atoms with E-state index in [9.17, 15) is 9.90 Å². The molecule has 116 valence electrons. The molecule has 1 aromatic heterocycles. The second-order valence-corrected chi connectivity index (χ2v) is 6.23. The number of carbonyl (C=O) groups is 1. The SMILES string of the molecule is Cc1nc(C(C)C)nc(SCC2CCOCO2)c1C(=O)O. The standard InChI is InChI=1S/C14H20N2O4S/c1-8(2)12-15-9(3)11(14(17)18)13(16-12)21-6-10-4-5-19-7-20-10/h8,10H,4-7H2,1-3H3,(H,17,18). The van der Waals surface area contributed by atoms with Gasteiger partial charge in [0.15, 0.2) is 0 Å². The topological polar surface area (TPSA) is 81.5 Å². The minimum atomic E-state index is -0.988. The molecule has 0 amide bonds. The maximum absolute atomic E-state index is 11.4. The third kappa shape index (κ3) is 4.15. The van der Waals surface area contributed by atoms with Crippen LogP contribution in [-0.4, -0.2) is 46.3 Å². The number of aromatic nitrogens is 2. The van der Waals surface area contributed by atoms with E-state index in [2.05, 4.69) is 9.97 Å². The van der Waals surface area contributed by atoms with E-state index in [-0.39, 0.29) is 17.6 Å². The Morgan fingerprint density at radius 1 is 1.48 bits per heavy atom. The van der Waals surface area contributed by atoms with E-state index in [1.54, 1.807) is 6.92 Å². The van der Waals surface area contributed by atoms with E-state index in [1.807, 2.05) is 13.8 Å². The monoisotopic (exact) mass is 312 g/mol. The average molecular weight is 312 g/mol. The lowest BCUT2D eigenvalue weighted by Crippen LogP contribution is -2.25. The normalized spacial score (nSPS) is 19.0.